The summed E-state index contributed by atoms with van der Waals surface area (Å²) in [6.45, 7) is 7.78. The van der Waals surface area contributed by atoms with Crippen molar-refractivity contribution in [1.82, 2.24) is 0 Å². The van der Waals surface area contributed by atoms with Crippen LogP contribution in [0.5, 0.6) is 0 Å². The maximum atomic E-state index is 11.7. The first kappa shape index (κ1) is 64.1. The normalized spacial score (nSPS) is 15.2. The Labute approximate surface area is 354 Å². The van der Waals surface area contributed by atoms with E-state index in [9.17, 15) is 37.8 Å². The number of hydrogen-bond acceptors (Lipinski definition) is 13. The van der Waals surface area contributed by atoms with E-state index < -0.39 is 43.9 Å². The van der Waals surface area contributed by atoms with Crippen LogP contribution in [0.1, 0.15) is 182 Å². The predicted molar refractivity (Wildman–Crippen MR) is 214 cm³/mol. The second-order valence-electron chi connectivity index (χ2n) is 13.0. The molecule has 0 aliphatic heterocycles. The molecule has 0 aromatic heterocycles. The van der Waals surface area contributed by atoms with E-state index in [1.807, 2.05) is 0 Å². The van der Waals surface area contributed by atoms with Crippen LogP contribution in [-0.4, -0.2) is 68.8 Å². The summed E-state index contributed by atoms with van der Waals surface area (Å²) in [6.07, 6.45) is 23.9. The van der Waals surface area contributed by atoms with Crippen LogP contribution in [0.2, 0.25) is 0 Å². The summed E-state index contributed by atoms with van der Waals surface area (Å²) < 4.78 is 82.4. The van der Waals surface area contributed by atoms with Crippen LogP contribution in [-0.2, 0) is 73.5 Å². The minimum atomic E-state index is -4.58. The van der Waals surface area contributed by atoms with Crippen molar-refractivity contribution in [3.63, 3.8) is 0 Å². The van der Waals surface area contributed by atoms with Gasteiger partial charge >= 0.3 is 61.0 Å². The van der Waals surface area contributed by atoms with Crippen LogP contribution in [0, 0.1) is 0 Å². The first-order valence-corrected chi connectivity index (χ1v) is 26.9. The molecule has 0 heterocycles. The molecule has 0 saturated carbocycles. The Morgan fingerprint density at radius 3 is 0.719 bits per heavy atom. The van der Waals surface area contributed by atoms with E-state index in [4.69, 9.17) is 36.4 Å². The second-order valence-corrected chi connectivity index (χ2v) is 19.1. The van der Waals surface area contributed by atoms with Gasteiger partial charge in [0.1, 0.15) is 6.61 Å². The number of carbonyl (C=O) groups is 1. The van der Waals surface area contributed by atoms with E-state index in [-0.39, 0.29) is 26.4 Å². The number of phosphoric ester groups is 4. The molecular weight excluding hydrogens is 868 g/mol. The average molecular weight is 945 g/mol. The number of aliphatic carboxylic acids is 1. The van der Waals surface area contributed by atoms with E-state index in [0.717, 1.165) is 123 Å². The van der Waals surface area contributed by atoms with Crippen molar-refractivity contribution in [2.24, 2.45) is 0 Å². The number of aliphatic hydroxyl groups excluding tert-OH is 1. The summed E-state index contributed by atoms with van der Waals surface area (Å²) in [5, 5.41) is 15.0. The van der Waals surface area contributed by atoms with Crippen molar-refractivity contribution in [2.45, 2.75) is 182 Å². The van der Waals surface area contributed by atoms with Crippen LogP contribution < -0.4 is 0 Å². The van der Waals surface area contributed by atoms with E-state index in [2.05, 4.69) is 36.3 Å². The number of carboxylic acid groups (broad SMARTS) is 1. The van der Waals surface area contributed by atoms with Crippen molar-refractivity contribution in [3.05, 3.63) is 0 Å². The quantitative estimate of drug-likeness (QED) is 0.0192. The van der Waals surface area contributed by atoms with Crippen LogP contribution in [0.3, 0.4) is 0 Å². The van der Waals surface area contributed by atoms with Gasteiger partial charge in [-0.2, -0.15) is 8.62 Å². The van der Waals surface area contributed by atoms with Gasteiger partial charge in [-0.1, -0.05) is 156 Å². The molecule has 23 heteroatoms. The van der Waals surface area contributed by atoms with Gasteiger partial charge in [0, 0.05) is 0 Å². The van der Waals surface area contributed by atoms with Crippen molar-refractivity contribution in [1.29, 1.82) is 0 Å². The Kier molecular flexibility index (Phi) is 50.1. The van der Waals surface area contributed by atoms with Crippen LogP contribution in [0.15, 0.2) is 0 Å². The van der Waals surface area contributed by atoms with Crippen molar-refractivity contribution in [2.75, 3.05) is 33.0 Å². The monoisotopic (exact) mass is 944 g/mol. The molecule has 0 aliphatic carbocycles. The van der Waals surface area contributed by atoms with Crippen LogP contribution in [0.25, 0.3) is 0 Å². The molecular formula is C34H76O18P4Ti. The summed E-state index contributed by atoms with van der Waals surface area (Å²) in [4.78, 5) is 47.1. The summed E-state index contributed by atoms with van der Waals surface area (Å²) in [5.74, 6) is -1.19. The van der Waals surface area contributed by atoms with E-state index in [1.54, 1.807) is 0 Å². The first-order chi connectivity index (χ1) is 26.9. The Hall–Kier alpha value is 0.464. The zero-order valence-corrected chi connectivity index (χ0v) is 40.0. The van der Waals surface area contributed by atoms with Gasteiger partial charge in [0.2, 0.25) is 0 Å². The van der Waals surface area contributed by atoms with Crippen LogP contribution >= 0.6 is 31.3 Å². The molecule has 0 rings (SSSR count). The summed E-state index contributed by atoms with van der Waals surface area (Å²) in [6, 6.07) is 0. The molecule has 0 radical (unpaired) electrons. The molecule has 0 spiro atoms. The van der Waals surface area contributed by atoms with Crippen molar-refractivity contribution < 1.29 is 103 Å². The third kappa shape index (κ3) is 56.5. The summed E-state index contributed by atoms with van der Waals surface area (Å²) in [5.41, 5.74) is 0. The fourth-order valence-electron chi connectivity index (χ4n) is 4.60. The minimum absolute atomic E-state index is 0.0112. The van der Waals surface area contributed by atoms with Gasteiger partial charge in [-0.15, -0.1) is 0 Å². The van der Waals surface area contributed by atoms with Gasteiger partial charge in [-0.3, -0.25) is 18.1 Å². The first-order valence-electron chi connectivity index (χ1n) is 20.3. The maximum absolute atomic E-state index is 11.7. The predicted octanol–water partition coefficient (Wildman–Crippen LogP) is 10.9. The Balaban J connectivity index is -0.000000423. The van der Waals surface area contributed by atoms with Gasteiger partial charge in [0.15, 0.2) is 0 Å². The molecule has 6 N–H and O–H groups in total. The summed E-state index contributed by atoms with van der Waals surface area (Å²) >= 11 is 0.750. The number of unbranched alkanes of at least 4 members (excludes halogenated alkanes) is 20. The van der Waals surface area contributed by atoms with E-state index >= 15 is 0 Å². The topological polar surface area (TPSA) is 279 Å². The molecule has 0 aliphatic rings. The second kappa shape index (κ2) is 44.5. The number of hydrogen-bond donors (Lipinski definition) is 6. The zero-order chi connectivity index (χ0) is 44.3. The molecule has 18 nitrogen and oxygen atoms in total. The number of rotatable bonds is 37. The van der Waals surface area contributed by atoms with E-state index in [1.165, 1.54) is 25.7 Å². The molecule has 0 saturated heterocycles. The Bertz CT molecular complexity index is 945. The molecule has 57 heavy (non-hydrogen) atoms. The van der Waals surface area contributed by atoms with Crippen molar-refractivity contribution >= 4 is 37.3 Å². The molecule has 4 unspecified atom stereocenters. The number of aliphatic hydroxyl groups is 1. The third-order valence-electron chi connectivity index (χ3n) is 7.56. The number of carboxylic acids is 1. The fourth-order valence-corrected chi connectivity index (χ4v) is 8.88. The molecule has 0 aromatic rings. The van der Waals surface area contributed by atoms with Gasteiger partial charge in [0.05, 0.1) is 26.4 Å². The molecule has 0 amide bonds. The molecule has 4 atom stereocenters. The SMILES string of the molecule is CCCCCCCCOP(=O)(O)OP(=O)(O)OCCCCCCCC.CCCCCCCCOP(=O)(O)OP(=O)(O)OCCCCCCCC.O=C(O)CO.[O]=[Ti]. The Morgan fingerprint density at radius 2 is 0.561 bits per heavy atom. The molecule has 344 valence electrons. The average Bonchev–Trinajstić information content (AvgIpc) is 3.13. The van der Waals surface area contributed by atoms with Gasteiger partial charge in [0.25, 0.3) is 0 Å². The van der Waals surface area contributed by atoms with Crippen molar-refractivity contribution in [3.8, 4) is 0 Å². The summed E-state index contributed by atoms with van der Waals surface area (Å²) in [7, 11) is -18.3. The van der Waals surface area contributed by atoms with Gasteiger partial charge < -0.3 is 29.8 Å². The van der Waals surface area contributed by atoms with Crippen LogP contribution in [0.4, 0.5) is 0 Å². The zero-order valence-electron chi connectivity index (χ0n) is 34.9. The fraction of sp³-hybridized carbons (Fsp3) is 0.971. The number of phosphoric acid groups is 4. The van der Waals surface area contributed by atoms with E-state index in [0.29, 0.717) is 25.7 Å². The third-order valence-corrected chi connectivity index (χ3v) is 12.9. The molecule has 0 aromatic carbocycles. The Morgan fingerprint density at radius 1 is 0.404 bits per heavy atom. The standard InChI is InChI=1S/2C16H36O7P2.C2H4O3.O.Ti/c2*1-3-5-7-9-11-13-15-21-24(17,18)23-25(19,20)22-16-14-12-10-8-6-4-2;3-1-2(4)5;;/h2*3-16H2,1-2H3,(H,17,18)(H,19,20);3H,1H2,(H,4,5);;. The molecule has 0 bridgehead atoms. The molecule has 0 fully saturated rings. The van der Waals surface area contributed by atoms with Gasteiger partial charge in [-0.05, 0) is 25.7 Å². The van der Waals surface area contributed by atoms with Gasteiger partial charge in [-0.25, -0.2) is 23.1 Å².